The maximum Gasteiger partial charge on any atom is 0.246 e. The molecule has 0 aromatic rings. The first kappa shape index (κ1) is 13.1. The van der Waals surface area contributed by atoms with E-state index in [1.165, 1.54) is 0 Å². The molecular formula is C10H21N3O. The highest BCUT2D eigenvalue weighted by molar-refractivity contribution is 5.91. The molecule has 0 fully saturated rings. The van der Waals surface area contributed by atoms with Gasteiger partial charge in [-0.25, -0.2) is 0 Å². The minimum Gasteiger partial charge on any atom is -0.352 e. The van der Waals surface area contributed by atoms with E-state index in [1.807, 2.05) is 0 Å². The molecule has 82 valence electrons. The summed E-state index contributed by atoms with van der Waals surface area (Å²) >= 11 is 0. The molecule has 0 spiro atoms. The summed E-state index contributed by atoms with van der Waals surface area (Å²) in [5.41, 5.74) is 5.89. The smallest absolute Gasteiger partial charge is 0.246 e. The Hall–Kier alpha value is -0.870. The van der Waals surface area contributed by atoms with Gasteiger partial charge < -0.3 is 16.4 Å². The molecule has 4 heteroatoms. The Morgan fingerprint density at radius 2 is 1.93 bits per heavy atom. The number of hydrogen-bond acceptors (Lipinski definition) is 3. The first-order valence-corrected chi connectivity index (χ1v) is 5.03. The summed E-state index contributed by atoms with van der Waals surface area (Å²) < 4.78 is 0. The summed E-state index contributed by atoms with van der Waals surface area (Å²) in [5.74, 6) is -0.0630. The molecule has 0 rings (SSSR count). The fraction of sp³-hybridized carbons (Fsp3) is 0.700. The Bertz CT molecular complexity index is 180. The van der Waals surface area contributed by atoms with Crippen molar-refractivity contribution in [2.75, 3.05) is 26.2 Å². The Labute approximate surface area is 85.9 Å². The van der Waals surface area contributed by atoms with Crippen molar-refractivity contribution in [3.63, 3.8) is 0 Å². The van der Waals surface area contributed by atoms with E-state index in [0.29, 0.717) is 12.1 Å². The third kappa shape index (κ3) is 7.76. The number of nitrogens with two attached hydrogens (primary N) is 1. The lowest BCUT2D eigenvalue weighted by molar-refractivity contribution is -0.117. The Morgan fingerprint density at radius 3 is 2.50 bits per heavy atom. The Balaban J connectivity index is 3.13. The molecule has 0 saturated heterocycles. The van der Waals surface area contributed by atoms with Crippen LogP contribution in [-0.2, 0) is 4.79 Å². The summed E-state index contributed by atoms with van der Waals surface area (Å²) in [5, 5.41) is 6.01. The Kier molecular flexibility index (Phi) is 8.17. The molecule has 0 heterocycles. The molecule has 0 aliphatic heterocycles. The zero-order valence-electron chi connectivity index (χ0n) is 8.94. The van der Waals surface area contributed by atoms with Gasteiger partial charge in [0.15, 0.2) is 0 Å². The highest BCUT2D eigenvalue weighted by atomic mass is 16.1. The zero-order valence-corrected chi connectivity index (χ0v) is 8.94. The predicted molar refractivity (Wildman–Crippen MR) is 59.0 cm³/mol. The van der Waals surface area contributed by atoms with E-state index in [1.54, 1.807) is 6.92 Å². The SMILES string of the molecule is C=C(C)C(=O)NCCCNCCCN. The standard InChI is InChI=1S/C10H21N3O/c1-9(2)10(14)13-8-4-7-12-6-3-5-11/h12H,1,3-8,11H2,2H3,(H,13,14). The summed E-state index contributed by atoms with van der Waals surface area (Å²) in [6, 6.07) is 0. The van der Waals surface area contributed by atoms with Crippen LogP contribution in [0.15, 0.2) is 12.2 Å². The van der Waals surface area contributed by atoms with Crippen molar-refractivity contribution >= 4 is 5.91 Å². The van der Waals surface area contributed by atoms with Gasteiger partial charge in [0.2, 0.25) is 5.91 Å². The number of carbonyl (C=O) groups excluding carboxylic acids is 1. The average molecular weight is 199 g/mol. The largest absolute Gasteiger partial charge is 0.352 e. The van der Waals surface area contributed by atoms with Gasteiger partial charge in [0, 0.05) is 12.1 Å². The van der Waals surface area contributed by atoms with Gasteiger partial charge in [-0.2, -0.15) is 0 Å². The fourth-order valence-corrected chi connectivity index (χ4v) is 0.918. The van der Waals surface area contributed by atoms with E-state index >= 15 is 0 Å². The van der Waals surface area contributed by atoms with E-state index in [2.05, 4.69) is 17.2 Å². The lowest BCUT2D eigenvalue weighted by Gasteiger charge is -2.05. The zero-order chi connectivity index (χ0) is 10.8. The second-order valence-corrected chi connectivity index (χ2v) is 3.28. The first-order chi connectivity index (χ1) is 6.68. The van der Waals surface area contributed by atoms with Crippen molar-refractivity contribution in [3.8, 4) is 0 Å². The number of rotatable bonds is 8. The lowest BCUT2D eigenvalue weighted by Crippen LogP contribution is -2.28. The maximum atomic E-state index is 11.0. The summed E-state index contributed by atoms with van der Waals surface area (Å²) in [7, 11) is 0. The number of nitrogens with one attached hydrogen (secondary N) is 2. The van der Waals surface area contributed by atoms with Crippen LogP contribution >= 0.6 is 0 Å². The minimum absolute atomic E-state index is 0.0630. The molecule has 0 bridgehead atoms. The average Bonchev–Trinajstić information content (AvgIpc) is 2.16. The molecule has 4 N–H and O–H groups in total. The highest BCUT2D eigenvalue weighted by Crippen LogP contribution is 1.85. The molecule has 0 aliphatic rings. The van der Waals surface area contributed by atoms with Crippen LogP contribution in [-0.4, -0.2) is 32.1 Å². The van der Waals surface area contributed by atoms with E-state index in [0.717, 1.165) is 32.5 Å². The molecule has 14 heavy (non-hydrogen) atoms. The summed E-state index contributed by atoms with van der Waals surface area (Å²) in [6.45, 7) is 8.54. The molecular weight excluding hydrogens is 178 g/mol. The molecule has 0 aliphatic carbocycles. The van der Waals surface area contributed by atoms with Crippen LogP contribution in [0.1, 0.15) is 19.8 Å². The third-order valence-corrected chi connectivity index (χ3v) is 1.76. The van der Waals surface area contributed by atoms with Crippen molar-refractivity contribution in [3.05, 3.63) is 12.2 Å². The van der Waals surface area contributed by atoms with Crippen LogP contribution in [0.2, 0.25) is 0 Å². The van der Waals surface area contributed by atoms with Gasteiger partial charge in [0.25, 0.3) is 0 Å². The Morgan fingerprint density at radius 1 is 1.29 bits per heavy atom. The minimum atomic E-state index is -0.0630. The van der Waals surface area contributed by atoms with Gasteiger partial charge in [0.1, 0.15) is 0 Å². The van der Waals surface area contributed by atoms with Crippen molar-refractivity contribution in [1.29, 1.82) is 0 Å². The topological polar surface area (TPSA) is 67.2 Å². The molecule has 0 saturated carbocycles. The third-order valence-electron chi connectivity index (χ3n) is 1.76. The molecule has 0 aromatic carbocycles. The van der Waals surface area contributed by atoms with E-state index in [-0.39, 0.29) is 5.91 Å². The second-order valence-electron chi connectivity index (χ2n) is 3.28. The van der Waals surface area contributed by atoms with Crippen LogP contribution in [0.5, 0.6) is 0 Å². The van der Waals surface area contributed by atoms with Crippen LogP contribution < -0.4 is 16.4 Å². The van der Waals surface area contributed by atoms with Crippen molar-refractivity contribution in [1.82, 2.24) is 10.6 Å². The van der Waals surface area contributed by atoms with Gasteiger partial charge in [0.05, 0.1) is 0 Å². The summed E-state index contributed by atoms with van der Waals surface area (Å²) in [6.07, 6.45) is 1.93. The first-order valence-electron chi connectivity index (χ1n) is 5.03. The lowest BCUT2D eigenvalue weighted by atomic mass is 10.3. The predicted octanol–water partition coefficient (Wildman–Crippen LogP) is 0.00720. The van der Waals surface area contributed by atoms with Gasteiger partial charge >= 0.3 is 0 Å². The molecule has 0 unspecified atom stereocenters. The van der Waals surface area contributed by atoms with Gasteiger partial charge in [-0.05, 0) is 39.4 Å². The molecule has 0 radical (unpaired) electrons. The van der Waals surface area contributed by atoms with Crippen LogP contribution in [0.25, 0.3) is 0 Å². The molecule has 0 aromatic heterocycles. The van der Waals surface area contributed by atoms with Gasteiger partial charge in [-0.15, -0.1) is 0 Å². The van der Waals surface area contributed by atoms with Crippen LogP contribution in [0.3, 0.4) is 0 Å². The molecule has 1 amide bonds. The van der Waals surface area contributed by atoms with Crippen LogP contribution in [0, 0.1) is 0 Å². The summed E-state index contributed by atoms with van der Waals surface area (Å²) in [4.78, 5) is 11.0. The normalized spacial score (nSPS) is 9.86. The van der Waals surface area contributed by atoms with Crippen molar-refractivity contribution in [2.45, 2.75) is 19.8 Å². The fourth-order valence-electron chi connectivity index (χ4n) is 0.918. The number of amides is 1. The van der Waals surface area contributed by atoms with Gasteiger partial charge in [-0.1, -0.05) is 6.58 Å². The van der Waals surface area contributed by atoms with E-state index in [4.69, 9.17) is 5.73 Å². The van der Waals surface area contributed by atoms with E-state index in [9.17, 15) is 4.79 Å². The monoisotopic (exact) mass is 199 g/mol. The van der Waals surface area contributed by atoms with Crippen molar-refractivity contribution in [2.24, 2.45) is 5.73 Å². The molecule has 4 nitrogen and oxygen atoms in total. The quantitative estimate of drug-likeness (QED) is 0.381. The maximum absolute atomic E-state index is 11.0. The number of carbonyl (C=O) groups is 1. The molecule has 0 atom stereocenters. The second kappa shape index (κ2) is 8.72. The van der Waals surface area contributed by atoms with Crippen LogP contribution in [0.4, 0.5) is 0 Å². The highest BCUT2D eigenvalue weighted by Gasteiger charge is 1.98. The van der Waals surface area contributed by atoms with E-state index < -0.39 is 0 Å². The van der Waals surface area contributed by atoms with Crippen molar-refractivity contribution < 1.29 is 4.79 Å². The van der Waals surface area contributed by atoms with Gasteiger partial charge in [-0.3, -0.25) is 4.79 Å². The number of hydrogen-bond donors (Lipinski definition) is 3.